The van der Waals surface area contributed by atoms with E-state index in [1.54, 1.807) is 30.4 Å². The van der Waals surface area contributed by atoms with Crippen LogP contribution in [0.25, 0.3) is 11.1 Å². The average Bonchev–Trinajstić information content (AvgIpc) is 2.53. The fourth-order valence-corrected chi connectivity index (χ4v) is 3.39. The van der Waals surface area contributed by atoms with Crippen LogP contribution in [0.4, 0.5) is 0 Å². The van der Waals surface area contributed by atoms with Gasteiger partial charge in [-0.25, -0.2) is 9.13 Å². The summed E-state index contributed by atoms with van der Waals surface area (Å²) in [5.41, 5.74) is 2.16. The Morgan fingerprint density at radius 2 is 1.43 bits per heavy atom. The molecule has 2 aromatic rings. The highest BCUT2D eigenvalue weighted by Crippen LogP contribution is 2.45. The Hall–Kier alpha value is -2.18. The lowest BCUT2D eigenvalue weighted by Gasteiger charge is -2.16. The molecule has 0 saturated carbocycles. The van der Waals surface area contributed by atoms with Gasteiger partial charge in [0.2, 0.25) is 0 Å². The van der Waals surface area contributed by atoms with Crippen LogP contribution >= 0.6 is 15.6 Å². The first-order chi connectivity index (χ1) is 13.0. The van der Waals surface area contributed by atoms with Crippen LogP contribution in [0.2, 0.25) is 0 Å². The molecule has 4 N–H and O–H groups in total. The molecule has 0 bridgehead atoms. The lowest BCUT2D eigenvalue weighted by atomic mass is 9.98. The normalized spacial score (nSPS) is 11.7. The minimum absolute atomic E-state index is 0.0842. The fraction of sp³-hybridized carbons (Fsp3) is 0.111. The zero-order valence-corrected chi connectivity index (χ0v) is 16.6. The summed E-state index contributed by atoms with van der Waals surface area (Å²) in [5, 5.41) is 0. The topological polar surface area (TPSA) is 134 Å². The zero-order valence-electron chi connectivity index (χ0n) is 14.8. The van der Waals surface area contributed by atoms with E-state index < -0.39 is 15.6 Å². The van der Waals surface area contributed by atoms with Gasteiger partial charge in [-0.05, 0) is 53.8 Å². The van der Waals surface area contributed by atoms with Crippen LogP contribution in [0, 0.1) is 0 Å². The van der Waals surface area contributed by atoms with E-state index in [1.807, 2.05) is 0 Å². The summed E-state index contributed by atoms with van der Waals surface area (Å²) in [5.74, 6) is -0.182. The Kier molecular flexibility index (Phi) is 7.01. The number of hydrogen-bond acceptors (Lipinski definition) is 4. The number of phosphoric ester groups is 2. The third-order valence-electron chi connectivity index (χ3n) is 3.52. The second-order valence-corrected chi connectivity index (χ2v) is 8.17. The number of rotatable bonds is 9. The molecule has 0 aliphatic rings. The minimum Gasteiger partial charge on any atom is -0.404 e. The highest BCUT2D eigenvalue weighted by molar-refractivity contribution is 7.47. The molecule has 0 fully saturated rings. The van der Waals surface area contributed by atoms with E-state index in [1.165, 1.54) is 18.2 Å². The molecule has 28 heavy (non-hydrogen) atoms. The number of benzene rings is 2. The maximum Gasteiger partial charge on any atom is 0.524 e. The van der Waals surface area contributed by atoms with E-state index >= 15 is 0 Å². The molecule has 0 spiro atoms. The Labute approximate surface area is 162 Å². The first kappa shape index (κ1) is 22.1. The van der Waals surface area contributed by atoms with Gasteiger partial charge in [-0.3, -0.25) is 19.6 Å². The summed E-state index contributed by atoms with van der Waals surface area (Å²) in [7, 11) is -9.63. The largest absolute Gasteiger partial charge is 0.524 e. The summed E-state index contributed by atoms with van der Waals surface area (Å²) in [6, 6.07) is 9.19. The SMILES string of the molecule is C=CCc1cc(OP(=O)(O)O)cc(-c2cc(CC=C)ccc2OP(=O)(O)O)c1. The number of hydrogen-bond donors (Lipinski definition) is 4. The molecular formula is C18H20O8P2. The third kappa shape index (κ3) is 6.77. The predicted molar refractivity (Wildman–Crippen MR) is 105 cm³/mol. The third-order valence-corrected chi connectivity index (χ3v) is 4.41. The molecule has 0 aromatic heterocycles. The van der Waals surface area contributed by atoms with Crippen molar-refractivity contribution >= 4 is 15.6 Å². The van der Waals surface area contributed by atoms with Gasteiger partial charge in [0, 0.05) is 5.56 Å². The smallest absolute Gasteiger partial charge is 0.404 e. The molecule has 0 unspecified atom stereocenters. The predicted octanol–water partition coefficient (Wildman–Crippen LogP) is 3.75. The fourth-order valence-electron chi connectivity index (χ4n) is 2.59. The first-order valence-corrected chi connectivity index (χ1v) is 11.1. The first-order valence-electron chi connectivity index (χ1n) is 8.00. The van der Waals surface area contributed by atoms with Gasteiger partial charge in [0.15, 0.2) is 0 Å². The van der Waals surface area contributed by atoms with Crippen molar-refractivity contribution in [1.82, 2.24) is 0 Å². The lowest BCUT2D eigenvalue weighted by Crippen LogP contribution is -1.96. The van der Waals surface area contributed by atoms with Gasteiger partial charge in [0.25, 0.3) is 0 Å². The molecule has 0 radical (unpaired) electrons. The van der Waals surface area contributed by atoms with E-state index in [9.17, 15) is 18.9 Å². The van der Waals surface area contributed by atoms with Crippen LogP contribution in [0.3, 0.4) is 0 Å². The van der Waals surface area contributed by atoms with E-state index in [0.717, 1.165) is 5.56 Å². The number of allylic oxidation sites excluding steroid dienone is 2. The van der Waals surface area contributed by atoms with E-state index in [0.29, 0.717) is 29.5 Å². The van der Waals surface area contributed by atoms with E-state index in [-0.39, 0.29) is 11.5 Å². The van der Waals surface area contributed by atoms with Crippen LogP contribution in [0.1, 0.15) is 11.1 Å². The van der Waals surface area contributed by atoms with Crippen molar-refractivity contribution in [3.8, 4) is 22.6 Å². The van der Waals surface area contributed by atoms with Gasteiger partial charge in [0.1, 0.15) is 11.5 Å². The van der Waals surface area contributed by atoms with Crippen molar-refractivity contribution in [3.05, 3.63) is 72.8 Å². The molecule has 8 nitrogen and oxygen atoms in total. The van der Waals surface area contributed by atoms with E-state index in [4.69, 9.17) is 18.8 Å². The van der Waals surface area contributed by atoms with Gasteiger partial charge in [0.05, 0.1) is 0 Å². The summed E-state index contributed by atoms with van der Waals surface area (Å²) in [6.45, 7) is 7.29. The molecule has 150 valence electrons. The molecule has 0 amide bonds. The zero-order chi connectivity index (χ0) is 20.9. The average molecular weight is 426 g/mol. The van der Waals surface area contributed by atoms with Gasteiger partial charge in [-0.1, -0.05) is 24.3 Å². The van der Waals surface area contributed by atoms with Crippen LogP contribution in [0.15, 0.2) is 61.7 Å². The van der Waals surface area contributed by atoms with Crippen molar-refractivity contribution in [3.63, 3.8) is 0 Å². The molecule has 10 heteroatoms. The van der Waals surface area contributed by atoms with Gasteiger partial charge in [-0.15, -0.1) is 13.2 Å². The van der Waals surface area contributed by atoms with Crippen molar-refractivity contribution in [2.24, 2.45) is 0 Å². The maximum atomic E-state index is 11.3. The summed E-state index contributed by atoms with van der Waals surface area (Å²) in [6.07, 6.45) is 4.15. The minimum atomic E-state index is -4.83. The van der Waals surface area contributed by atoms with Crippen LogP contribution < -0.4 is 9.05 Å². The van der Waals surface area contributed by atoms with Crippen molar-refractivity contribution in [2.45, 2.75) is 12.8 Å². The molecule has 0 aliphatic heterocycles. The Balaban J connectivity index is 2.66. The van der Waals surface area contributed by atoms with E-state index in [2.05, 4.69) is 13.2 Å². The Morgan fingerprint density at radius 1 is 0.821 bits per heavy atom. The van der Waals surface area contributed by atoms with Crippen molar-refractivity contribution in [1.29, 1.82) is 0 Å². The van der Waals surface area contributed by atoms with Crippen LogP contribution in [0.5, 0.6) is 11.5 Å². The Morgan fingerprint density at radius 3 is 2.00 bits per heavy atom. The maximum absolute atomic E-state index is 11.3. The molecule has 0 atom stereocenters. The van der Waals surface area contributed by atoms with Gasteiger partial charge >= 0.3 is 15.6 Å². The lowest BCUT2D eigenvalue weighted by molar-refractivity contribution is 0.281. The van der Waals surface area contributed by atoms with Crippen molar-refractivity contribution < 1.29 is 37.8 Å². The van der Waals surface area contributed by atoms with Crippen molar-refractivity contribution in [2.75, 3.05) is 0 Å². The molecule has 2 aromatic carbocycles. The molecule has 0 saturated heterocycles. The quantitative estimate of drug-likeness (QED) is 0.352. The summed E-state index contributed by atoms with van der Waals surface area (Å²) >= 11 is 0. The second kappa shape index (κ2) is 8.88. The Bertz CT molecular complexity index is 974. The van der Waals surface area contributed by atoms with Crippen LogP contribution in [-0.2, 0) is 22.0 Å². The highest BCUT2D eigenvalue weighted by atomic mass is 31.2. The molecule has 0 heterocycles. The standard InChI is InChI=1S/C18H20O8P2/c1-3-5-13-7-8-18(26-28(22,23)24)17(11-13)15-9-14(6-4-2)10-16(12-15)25-27(19,20)21/h3-4,7-12H,1-2,5-6H2,(H2,19,20,21)(H2,22,23,24). The summed E-state index contributed by atoms with van der Waals surface area (Å²) < 4.78 is 32.0. The monoisotopic (exact) mass is 426 g/mol. The molecule has 2 rings (SSSR count). The second-order valence-electron chi connectivity index (χ2n) is 5.85. The van der Waals surface area contributed by atoms with Gasteiger partial charge < -0.3 is 9.05 Å². The number of phosphoric acid groups is 2. The van der Waals surface area contributed by atoms with Gasteiger partial charge in [-0.2, -0.15) is 0 Å². The molecular weight excluding hydrogens is 406 g/mol. The summed E-state index contributed by atoms with van der Waals surface area (Å²) in [4.78, 5) is 36.6. The van der Waals surface area contributed by atoms with Crippen LogP contribution in [-0.4, -0.2) is 19.6 Å². The molecule has 0 aliphatic carbocycles. The highest BCUT2D eigenvalue weighted by Gasteiger charge is 2.21.